The zero-order chi connectivity index (χ0) is 13.0. The molecule has 104 valence electrons. The lowest BCUT2D eigenvalue weighted by molar-refractivity contribution is -0.143. The third kappa shape index (κ3) is 3.45. The van der Waals surface area contributed by atoms with Crippen LogP contribution in [0, 0.1) is 5.92 Å². The van der Waals surface area contributed by atoms with Crippen LogP contribution in [-0.2, 0) is 9.53 Å². The van der Waals surface area contributed by atoms with Crippen molar-refractivity contribution in [3.8, 4) is 0 Å². The van der Waals surface area contributed by atoms with Crippen molar-refractivity contribution in [1.29, 1.82) is 0 Å². The fraction of sp³-hybridized carbons (Fsp3) is 0.929. The predicted molar refractivity (Wildman–Crippen MR) is 71.4 cm³/mol. The van der Waals surface area contributed by atoms with E-state index in [1.807, 2.05) is 4.90 Å². The second kappa shape index (κ2) is 6.53. The molecule has 1 N–H and O–H groups in total. The third-order valence-electron chi connectivity index (χ3n) is 4.03. The van der Waals surface area contributed by atoms with Gasteiger partial charge in [-0.25, -0.2) is 0 Å². The van der Waals surface area contributed by atoms with Crippen LogP contribution >= 0.6 is 0 Å². The van der Waals surface area contributed by atoms with Crippen molar-refractivity contribution in [2.24, 2.45) is 5.92 Å². The minimum atomic E-state index is -0.172. The van der Waals surface area contributed by atoms with Crippen molar-refractivity contribution in [2.45, 2.75) is 51.7 Å². The number of carbonyl (C=O) groups is 1. The number of hydrogen-bond donors (Lipinski definition) is 1. The molecule has 4 heteroatoms. The average Bonchev–Trinajstić information content (AvgIpc) is 2.90. The van der Waals surface area contributed by atoms with Gasteiger partial charge in [-0.05, 0) is 58.5 Å². The summed E-state index contributed by atoms with van der Waals surface area (Å²) in [5.74, 6) is 0.861. The maximum atomic E-state index is 12.4. The van der Waals surface area contributed by atoms with Crippen LogP contribution in [0.1, 0.15) is 39.5 Å². The van der Waals surface area contributed by atoms with Gasteiger partial charge in [-0.2, -0.15) is 0 Å². The van der Waals surface area contributed by atoms with Gasteiger partial charge >= 0.3 is 0 Å². The highest BCUT2D eigenvalue weighted by molar-refractivity contribution is 5.81. The maximum Gasteiger partial charge on any atom is 0.251 e. The Morgan fingerprint density at radius 2 is 2.06 bits per heavy atom. The van der Waals surface area contributed by atoms with E-state index in [1.54, 1.807) is 0 Å². The van der Waals surface area contributed by atoms with Gasteiger partial charge in [0.1, 0.15) is 6.10 Å². The summed E-state index contributed by atoms with van der Waals surface area (Å²) in [5, 5.41) is 3.37. The molecule has 18 heavy (non-hydrogen) atoms. The Morgan fingerprint density at radius 3 is 2.61 bits per heavy atom. The van der Waals surface area contributed by atoms with E-state index >= 15 is 0 Å². The van der Waals surface area contributed by atoms with Crippen molar-refractivity contribution in [1.82, 2.24) is 10.2 Å². The second-order valence-electron chi connectivity index (χ2n) is 5.78. The van der Waals surface area contributed by atoms with E-state index in [0.29, 0.717) is 5.92 Å². The van der Waals surface area contributed by atoms with Gasteiger partial charge in [0.25, 0.3) is 5.91 Å². The number of ether oxygens (including phenoxy) is 1. The van der Waals surface area contributed by atoms with Gasteiger partial charge in [0.15, 0.2) is 0 Å². The van der Waals surface area contributed by atoms with Crippen LogP contribution in [-0.4, -0.2) is 49.2 Å². The molecule has 0 aromatic carbocycles. The van der Waals surface area contributed by atoms with E-state index in [2.05, 4.69) is 19.2 Å². The highest BCUT2D eigenvalue weighted by Gasteiger charge is 2.31. The standard InChI is InChI=1S/C14H26N2O2/c1-11(2)16(10-12-5-7-15-8-6-12)14(17)13-4-3-9-18-13/h11-13,15H,3-10H2,1-2H3/t13-/m0/s1. The summed E-state index contributed by atoms with van der Waals surface area (Å²) < 4.78 is 5.53. The van der Waals surface area contributed by atoms with Crippen molar-refractivity contribution < 1.29 is 9.53 Å². The molecular weight excluding hydrogens is 228 g/mol. The molecule has 4 nitrogen and oxygen atoms in total. The van der Waals surface area contributed by atoms with E-state index in [4.69, 9.17) is 4.74 Å². The fourth-order valence-corrected chi connectivity index (χ4v) is 2.86. The number of carbonyl (C=O) groups excluding carboxylic acids is 1. The molecule has 2 aliphatic rings. The lowest BCUT2D eigenvalue weighted by Crippen LogP contribution is -2.47. The predicted octanol–water partition coefficient (Wildman–Crippen LogP) is 1.40. The van der Waals surface area contributed by atoms with Gasteiger partial charge in [-0.15, -0.1) is 0 Å². The summed E-state index contributed by atoms with van der Waals surface area (Å²) in [6.07, 6.45) is 4.11. The fourth-order valence-electron chi connectivity index (χ4n) is 2.86. The molecule has 2 heterocycles. The van der Waals surface area contributed by atoms with Gasteiger partial charge in [0, 0.05) is 19.2 Å². The van der Waals surface area contributed by atoms with Crippen molar-refractivity contribution >= 4 is 5.91 Å². The lowest BCUT2D eigenvalue weighted by Gasteiger charge is -2.34. The highest BCUT2D eigenvalue weighted by atomic mass is 16.5. The van der Waals surface area contributed by atoms with E-state index < -0.39 is 0 Å². The smallest absolute Gasteiger partial charge is 0.251 e. The topological polar surface area (TPSA) is 41.6 Å². The Labute approximate surface area is 110 Å². The van der Waals surface area contributed by atoms with Crippen LogP contribution < -0.4 is 5.32 Å². The van der Waals surface area contributed by atoms with Crippen LogP contribution in [0.25, 0.3) is 0 Å². The number of hydrogen-bond acceptors (Lipinski definition) is 3. The monoisotopic (exact) mass is 254 g/mol. The van der Waals surface area contributed by atoms with Crippen molar-refractivity contribution in [2.75, 3.05) is 26.2 Å². The summed E-state index contributed by atoms with van der Waals surface area (Å²) in [6, 6.07) is 0.275. The summed E-state index contributed by atoms with van der Waals surface area (Å²) >= 11 is 0. The van der Waals surface area contributed by atoms with Crippen LogP contribution in [0.15, 0.2) is 0 Å². The molecule has 0 aliphatic carbocycles. The molecule has 2 fully saturated rings. The van der Waals surface area contributed by atoms with E-state index in [1.165, 1.54) is 12.8 Å². The Bertz CT molecular complexity index is 269. The molecule has 0 saturated carbocycles. The quantitative estimate of drug-likeness (QED) is 0.824. The van der Waals surface area contributed by atoms with Crippen molar-refractivity contribution in [3.05, 3.63) is 0 Å². The zero-order valence-electron chi connectivity index (χ0n) is 11.7. The molecular formula is C14H26N2O2. The molecule has 0 aromatic rings. The van der Waals surface area contributed by atoms with Crippen LogP contribution in [0.4, 0.5) is 0 Å². The molecule has 1 atom stereocenters. The number of piperidine rings is 1. The first-order chi connectivity index (χ1) is 8.68. The SMILES string of the molecule is CC(C)N(CC1CCNCC1)C(=O)[C@@H]1CCCO1. The van der Waals surface area contributed by atoms with Gasteiger partial charge in [-0.3, -0.25) is 4.79 Å². The maximum absolute atomic E-state index is 12.4. The van der Waals surface area contributed by atoms with E-state index in [9.17, 15) is 4.79 Å². The minimum absolute atomic E-state index is 0.172. The third-order valence-corrected chi connectivity index (χ3v) is 4.03. The largest absolute Gasteiger partial charge is 0.368 e. The van der Waals surface area contributed by atoms with Gasteiger partial charge in [0.2, 0.25) is 0 Å². The number of amides is 1. The number of nitrogens with zero attached hydrogens (tertiary/aromatic N) is 1. The van der Waals surface area contributed by atoms with Crippen LogP contribution in [0.5, 0.6) is 0 Å². The number of rotatable bonds is 4. The van der Waals surface area contributed by atoms with Gasteiger partial charge in [-0.1, -0.05) is 0 Å². The van der Waals surface area contributed by atoms with Gasteiger partial charge < -0.3 is 15.0 Å². The molecule has 0 spiro atoms. The van der Waals surface area contributed by atoms with E-state index in [0.717, 1.165) is 39.1 Å². The molecule has 2 aliphatic heterocycles. The molecule has 2 saturated heterocycles. The van der Waals surface area contributed by atoms with Crippen molar-refractivity contribution in [3.63, 3.8) is 0 Å². The Morgan fingerprint density at radius 1 is 1.33 bits per heavy atom. The summed E-state index contributed by atoms with van der Waals surface area (Å²) in [4.78, 5) is 14.5. The lowest BCUT2D eigenvalue weighted by atomic mass is 9.96. The molecule has 0 unspecified atom stereocenters. The van der Waals surface area contributed by atoms with Gasteiger partial charge in [0.05, 0.1) is 0 Å². The molecule has 0 radical (unpaired) electrons. The Hall–Kier alpha value is -0.610. The molecule has 2 rings (SSSR count). The van der Waals surface area contributed by atoms with Crippen LogP contribution in [0.3, 0.4) is 0 Å². The minimum Gasteiger partial charge on any atom is -0.368 e. The summed E-state index contributed by atoms with van der Waals surface area (Å²) in [7, 11) is 0. The molecule has 1 amide bonds. The number of nitrogens with one attached hydrogen (secondary N) is 1. The molecule has 0 aromatic heterocycles. The average molecular weight is 254 g/mol. The van der Waals surface area contributed by atoms with E-state index in [-0.39, 0.29) is 18.1 Å². The Kier molecular flexibility index (Phi) is 5.01. The first-order valence-electron chi connectivity index (χ1n) is 7.31. The first-order valence-corrected chi connectivity index (χ1v) is 7.31. The second-order valence-corrected chi connectivity index (χ2v) is 5.78. The normalized spacial score (nSPS) is 25.6. The summed E-state index contributed by atoms with van der Waals surface area (Å²) in [5.41, 5.74) is 0. The Balaban J connectivity index is 1.91. The first kappa shape index (κ1) is 13.8. The van der Waals surface area contributed by atoms with Crippen LogP contribution in [0.2, 0.25) is 0 Å². The summed E-state index contributed by atoms with van der Waals surface area (Å²) in [6.45, 7) is 8.03. The zero-order valence-corrected chi connectivity index (χ0v) is 11.7. The molecule has 0 bridgehead atoms. The highest BCUT2D eigenvalue weighted by Crippen LogP contribution is 2.20.